The molecule has 0 bridgehead atoms. The van der Waals surface area contributed by atoms with Gasteiger partial charge in [0.15, 0.2) is 0 Å². The molecule has 9 rings (SSSR count). The third-order valence-corrected chi connectivity index (χ3v) is 12.1. The second kappa shape index (κ2) is 55.1. The average molecular weight is 1350 g/mol. The van der Waals surface area contributed by atoms with Gasteiger partial charge in [-0.2, -0.15) is 61.2 Å². The maximum atomic E-state index is 4.51. The first kappa shape index (κ1) is 96.6. The number of nitrogens with zero attached hydrogens (tertiary/aromatic N) is 15. The van der Waals surface area contributed by atoms with E-state index in [9.17, 15) is 0 Å². The van der Waals surface area contributed by atoms with Crippen LogP contribution in [0.5, 0.6) is 0 Å². The fraction of sp³-hybridized carbons (Fsp3) is 0.554. The van der Waals surface area contributed by atoms with Crippen molar-refractivity contribution in [1.82, 2.24) is 76.1 Å². The van der Waals surface area contributed by atoms with E-state index in [1.807, 2.05) is 158 Å². The van der Waals surface area contributed by atoms with Gasteiger partial charge in [-0.1, -0.05) is 170 Å². The van der Waals surface area contributed by atoms with Crippen molar-refractivity contribution in [3.63, 3.8) is 0 Å². The van der Waals surface area contributed by atoms with Gasteiger partial charge in [-0.25, -0.2) is 0 Å². The van der Waals surface area contributed by atoms with E-state index in [-0.39, 0.29) is 0 Å². The largest absolute Gasteiger partial charge is 0.255 e. The number of hydrogen-bond acceptors (Lipinski definition) is 15. The molecule has 0 radical (unpaired) electrons. The van der Waals surface area contributed by atoms with E-state index in [1.165, 1.54) is 33.2 Å². The minimum atomic E-state index is 0.469. The van der Waals surface area contributed by atoms with Crippen LogP contribution in [0.15, 0.2) is 91.4 Å². The zero-order valence-electron chi connectivity index (χ0n) is 69.0. The van der Waals surface area contributed by atoms with Gasteiger partial charge in [0, 0.05) is 23.5 Å². The molecule has 544 valence electrons. The first-order valence-corrected chi connectivity index (χ1v) is 35.2. The molecule has 0 N–H and O–H groups in total. The van der Waals surface area contributed by atoms with Crippen LogP contribution >= 0.6 is 0 Å². The van der Waals surface area contributed by atoms with Gasteiger partial charge in [-0.15, -0.1) is 0 Å². The molecule has 0 aliphatic rings. The lowest BCUT2D eigenvalue weighted by molar-refractivity contribution is 0.736. The summed E-state index contributed by atoms with van der Waals surface area (Å²) in [5.41, 5.74) is 23.1. The topological polar surface area (TPSA) is 193 Å². The first-order valence-electron chi connectivity index (χ1n) is 35.2. The SMILES string of the molecule is CC(C)C.CC(C)C.CC(C)C.CC(C)C.CC(C)C.Cc1ccc(C)nn1.Cc1ccc2ccccc2n1.Cc1cccnn1.Cc1ccnnc1C.Cc1cnnc(C)c1.Cc1nc(C)c(C(C)C)nc1C.Cc1nnc(C(C)C)c(C)c1C.Cc1nnc(C)c(C(C)C)c1C. The van der Waals surface area contributed by atoms with Crippen molar-refractivity contribution in [2.24, 2.45) is 29.6 Å². The van der Waals surface area contributed by atoms with Crippen LogP contribution in [0, 0.1) is 147 Å². The summed E-state index contributed by atoms with van der Waals surface area (Å²) in [4.78, 5) is 13.3. The number of benzene rings is 1. The number of para-hydroxylation sites is 1. The van der Waals surface area contributed by atoms with E-state index in [1.54, 1.807) is 18.6 Å². The molecular weight excluding hydrogens is 1210 g/mol. The molecule has 0 aliphatic carbocycles. The Kier molecular flexibility index (Phi) is 54.3. The molecule has 0 atom stereocenters. The second-order valence-corrected chi connectivity index (χ2v) is 28.8. The Labute approximate surface area is 598 Å². The molecule has 9 aromatic rings. The Balaban J connectivity index is -0.000000498. The van der Waals surface area contributed by atoms with Crippen molar-refractivity contribution in [3.05, 3.63) is 204 Å². The number of pyridine rings is 1. The molecule has 0 aliphatic heterocycles. The van der Waals surface area contributed by atoms with E-state index in [0.29, 0.717) is 17.8 Å². The zero-order chi connectivity index (χ0) is 76.5. The molecule has 15 nitrogen and oxygen atoms in total. The molecule has 0 saturated heterocycles. The van der Waals surface area contributed by atoms with E-state index in [4.69, 9.17) is 0 Å². The zero-order valence-corrected chi connectivity index (χ0v) is 69.0. The summed E-state index contributed by atoms with van der Waals surface area (Å²) in [5, 5.41) is 47.8. The summed E-state index contributed by atoms with van der Waals surface area (Å²) >= 11 is 0. The van der Waals surface area contributed by atoms with Crippen molar-refractivity contribution in [1.29, 1.82) is 0 Å². The molecule has 98 heavy (non-hydrogen) atoms. The number of hydrogen-bond donors (Lipinski definition) is 0. The molecule has 8 heterocycles. The Bertz CT molecular complexity index is 3350. The molecule has 0 spiro atoms. The van der Waals surface area contributed by atoms with Crippen LogP contribution in [0.2, 0.25) is 0 Å². The summed E-state index contributed by atoms with van der Waals surface area (Å²) in [6.07, 6.45) is 5.10. The van der Waals surface area contributed by atoms with E-state index in [0.717, 1.165) is 120 Å². The Morgan fingerprint density at radius 2 is 0.694 bits per heavy atom. The fourth-order valence-corrected chi connectivity index (χ4v) is 7.25. The van der Waals surface area contributed by atoms with Crippen molar-refractivity contribution in [3.8, 4) is 0 Å². The van der Waals surface area contributed by atoms with Gasteiger partial charge < -0.3 is 0 Å². The van der Waals surface area contributed by atoms with Gasteiger partial charge in [0.1, 0.15) is 0 Å². The van der Waals surface area contributed by atoms with Crippen molar-refractivity contribution >= 4 is 10.9 Å². The fourth-order valence-electron chi connectivity index (χ4n) is 7.25. The van der Waals surface area contributed by atoms with Crippen LogP contribution in [0.4, 0.5) is 0 Å². The lowest BCUT2D eigenvalue weighted by Crippen LogP contribution is -2.03. The van der Waals surface area contributed by atoms with Crippen molar-refractivity contribution < 1.29 is 0 Å². The van der Waals surface area contributed by atoms with Crippen LogP contribution in [-0.2, 0) is 0 Å². The monoisotopic (exact) mass is 1340 g/mol. The lowest BCUT2D eigenvalue weighted by atomic mass is 9.96. The summed E-state index contributed by atoms with van der Waals surface area (Å²) in [6, 6.07) is 23.9. The third-order valence-electron chi connectivity index (χ3n) is 12.1. The van der Waals surface area contributed by atoms with Gasteiger partial charge in [0.2, 0.25) is 0 Å². The van der Waals surface area contributed by atoms with Crippen LogP contribution < -0.4 is 0 Å². The first-order chi connectivity index (χ1) is 45.4. The quantitative estimate of drug-likeness (QED) is 0.162. The highest BCUT2D eigenvalue weighted by Crippen LogP contribution is 2.23. The van der Waals surface area contributed by atoms with Gasteiger partial charge in [0.25, 0.3) is 0 Å². The smallest absolute Gasteiger partial charge is 0.0705 e. The molecule has 15 heteroatoms. The van der Waals surface area contributed by atoms with Gasteiger partial charge in [0.05, 0.1) is 85.7 Å². The molecule has 0 unspecified atom stereocenters. The number of fused-ring (bicyclic) bond motifs is 1. The molecule has 0 saturated carbocycles. The van der Waals surface area contributed by atoms with Crippen LogP contribution in [-0.4, -0.2) is 76.1 Å². The standard InChI is InChI=1S/3C10H16N2.C10H9N.3C6H8N2.C5H6N2.5C4H10/c1-6(2)10-9(5)11-7(3)8(4)12-10;1-6(2)10-7(3)8(4)11-12-9(10)5;1-6(2)10-8(4)7(3)9(5)11-12-10;1-8-6-7-9-4-2-3-5-10(9)11-8;1-5-3-6(2)8-7-4-5;1-5-3-4-7-8-6(5)2;1-5-3-4-6(2)8-7-5;1-5-3-2-4-6-7-5;5*1-4(2)3/h3*6H,1-5H3;2-7H,1H3;3*3-4H,1-2H3;2-4H,1H3;5*4H,1-3H3. The van der Waals surface area contributed by atoms with E-state index < -0.39 is 0 Å². The van der Waals surface area contributed by atoms with Gasteiger partial charge >= 0.3 is 0 Å². The van der Waals surface area contributed by atoms with E-state index >= 15 is 0 Å². The minimum Gasteiger partial charge on any atom is -0.255 e. The van der Waals surface area contributed by atoms with E-state index in [2.05, 4.69) is 254 Å². The summed E-state index contributed by atoms with van der Waals surface area (Å²) in [7, 11) is 0. The van der Waals surface area contributed by atoms with Gasteiger partial charge in [-0.05, 0) is 247 Å². The van der Waals surface area contributed by atoms with Crippen LogP contribution in [0.25, 0.3) is 10.9 Å². The number of aryl methyl sites for hydroxylation is 14. The molecule has 0 fully saturated rings. The van der Waals surface area contributed by atoms with Crippen LogP contribution in [0.1, 0.15) is 276 Å². The second-order valence-electron chi connectivity index (χ2n) is 28.8. The Morgan fingerprint density at radius 1 is 0.265 bits per heavy atom. The summed E-state index contributed by atoms with van der Waals surface area (Å²) in [6.45, 7) is 79.5. The number of aromatic nitrogens is 15. The molecular formula is C83H137N15. The van der Waals surface area contributed by atoms with Crippen LogP contribution in [0.3, 0.4) is 0 Å². The highest BCUT2D eigenvalue weighted by atomic mass is 15.1. The minimum absolute atomic E-state index is 0.469. The molecule has 8 aromatic heterocycles. The highest BCUT2D eigenvalue weighted by molar-refractivity contribution is 5.78. The third kappa shape index (κ3) is 52.3. The van der Waals surface area contributed by atoms with Crippen molar-refractivity contribution in [2.45, 2.75) is 281 Å². The summed E-state index contributed by atoms with van der Waals surface area (Å²) < 4.78 is 0. The summed E-state index contributed by atoms with van der Waals surface area (Å²) in [5.74, 6) is 5.65. The highest BCUT2D eigenvalue weighted by Gasteiger charge is 2.12. The lowest BCUT2D eigenvalue weighted by Gasteiger charge is -2.12. The molecule has 0 amide bonds. The average Bonchev–Trinajstić information content (AvgIpc) is 0.864. The predicted molar refractivity (Wildman–Crippen MR) is 421 cm³/mol. The number of rotatable bonds is 3. The maximum absolute atomic E-state index is 4.51. The Morgan fingerprint density at radius 3 is 1.07 bits per heavy atom. The predicted octanol–water partition coefficient (Wildman–Crippen LogP) is 22.5. The van der Waals surface area contributed by atoms with Crippen molar-refractivity contribution in [2.75, 3.05) is 0 Å². The molecule has 1 aromatic carbocycles. The Hall–Kier alpha value is -7.81. The normalized spacial score (nSPS) is 9.86. The maximum Gasteiger partial charge on any atom is 0.0705 e. The van der Waals surface area contributed by atoms with Gasteiger partial charge in [-0.3, -0.25) is 15.0 Å².